The molecule has 2 rings (SSSR count). The van der Waals surface area contributed by atoms with Crippen molar-refractivity contribution >= 4 is 22.6 Å². The van der Waals surface area contributed by atoms with E-state index in [-0.39, 0.29) is 18.7 Å². The van der Waals surface area contributed by atoms with Gasteiger partial charge in [-0.25, -0.2) is 0 Å². The van der Waals surface area contributed by atoms with E-state index in [2.05, 4.69) is 10.3 Å². The molecular formula is C16H17F3N2O2. The van der Waals surface area contributed by atoms with Crippen molar-refractivity contribution < 1.29 is 22.8 Å². The number of fused-ring (bicyclic) bond motifs is 1. The number of aromatic amines is 1. The van der Waals surface area contributed by atoms with Crippen LogP contribution in [0.25, 0.3) is 10.9 Å². The van der Waals surface area contributed by atoms with Crippen molar-refractivity contribution in [3.63, 3.8) is 0 Å². The summed E-state index contributed by atoms with van der Waals surface area (Å²) in [5, 5.41) is 3.30. The number of nitrogens with one attached hydrogen (secondary N) is 2. The molecule has 0 fully saturated rings. The number of rotatable bonds is 5. The van der Waals surface area contributed by atoms with Gasteiger partial charge in [0.15, 0.2) is 0 Å². The molecule has 0 aliphatic carbocycles. The van der Waals surface area contributed by atoms with Gasteiger partial charge in [-0.05, 0) is 37.5 Å². The lowest BCUT2D eigenvalue weighted by molar-refractivity contribution is -0.171. The third-order valence-electron chi connectivity index (χ3n) is 3.66. The number of hydrogen-bond donors (Lipinski definition) is 2. The van der Waals surface area contributed by atoms with Gasteiger partial charge in [-0.3, -0.25) is 9.59 Å². The van der Waals surface area contributed by atoms with Crippen molar-refractivity contribution in [3.8, 4) is 0 Å². The molecule has 0 saturated heterocycles. The second-order valence-corrected chi connectivity index (χ2v) is 5.38. The minimum Gasteiger partial charge on any atom is -0.354 e. The zero-order valence-corrected chi connectivity index (χ0v) is 12.8. The first-order valence-corrected chi connectivity index (χ1v) is 7.17. The highest BCUT2D eigenvalue weighted by Crippen LogP contribution is 2.26. The Morgan fingerprint density at radius 3 is 2.57 bits per heavy atom. The van der Waals surface area contributed by atoms with Crippen LogP contribution in [0.3, 0.4) is 0 Å². The molecule has 0 radical (unpaired) electrons. The van der Waals surface area contributed by atoms with Crippen molar-refractivity contribution in [1.29, 1.82) is 0 Å². The van der Waals surface area contributed by atoms with Crippen LogP contribution in [0.2, 0.25) is 0 Å². The number of carbonyl (C=O) groups excluding carboxylic acids is 2. The van der Waals surface area contributed by atoms with E-state index in [0.29, 0.717) is 11.3 Å². The van der Waals surface area contributed by atoms with Crippen LogP contribution in [0, 0.1) is 6.92 Å². The Labute approximate surface area is 131 Å². The molecule has 1 heterocycles. The number of amides is 1. The highest BCUT2D eigenvalue weighted by atomic mass is 19.4. The molecule has 0 unspecified atom stereocenters. The van der Waals surface area contributed by atoms with Crippen LogP contribution in [0.4, 0.5) is 13.2 Å². The number of alkyl halides is 3. The maximum absolute atomic E-state index is 12.3. The van der Waals surface area contributed by atoms with Crippen LogP contribution in [0.1, 0.15) is 34.5 Å². The summed E-state index contributed by atoms with van der Waals surface area (Å²) in [7, 11) is 1.48. The van der Waals surface area contributed by atoms with E-state index in [0.717, 1.165) is 16.5 Å². The fourth-order valence-corrected chi connectivity index (χ4v) is 2.51. The predicted molar refractivity (Wildman–Crippen MR) is 80.4 cm³/mol. The van der Waals surface area contributed by atoms with Gasteiger partial charge in [-0.15, -0.1) is 0 Å². The Kier molecular flexibility index (Phi) is 4.77. The maximum atomic E-state index is 12.3. The first kappa shape index (κ1) is 17.1. The molecule has 2 aromatic rings. The number of benzene rings is 1. The third-order valence-corrected chi connectivity index (χ3v) is 3.66. The average Bonchev–Trinajstić information content (AvgIpc) is 2.83. The molecule has 0 saturated carbocycles. The molecule has 1 aromatic heterocycles. The lowest BCUT2D eigenvalue weighted by Gasteiger charge is -2.06. The second-order valence-electron chi connectivity index (χ2n) is 5.38. The van der Waals surface area contributed by atoms with Gasteiger partial charge >= 0.3 is 6.18 Å². The largest absolute Gasteiger partial charge is 0.449 e. The molecule has 7 heteroatoms. The molecular weight excluding hydrogens is 309 g/mol. The number of Topliss-reactive ketones (excluding diaryl/α,β-unsaturated/α-hetero) is 1. The number of carbonyl (C=O) groups is 2. The van der Waals surface area contributed by atoms with Gasteiger partial charge in [0.1, 0.15) is 5.69 Å². The standard InChI is InChI=1S/C16H17F3N2O2/c1-9-6-7-12-11(8-9)10(14(21-12)15(23)20-2)4-3-5-13(22)16(17,18)19/h6-8,21H,3-5H2,1-2H3,(H,20,23). The normalized spacial score (nSPS) is 11.7. The summed E-state index contributed by atoms with van der Waals surface area (Å²) in [6, 6.07) is 5.57. The Hall–Kier alpha value is -2.31. The number of hydrogen-bond acceptors (Lipinski definition) is 2. The Balaban J connectivity index is 2.28. The minimum atomic E-state index is -4.81. The molecule has 1 amide bonds. The number of ketones is 1. The van der Waals surface area contributed by atoms with Crippen LogP contribution < -0.4 is 5.32 Å². The summed E-state index contributed by atoms with van der Waals surface area (Å²) in [6.07, 6.45) is -5.15. The summed E-state index contributed by atoms with van der Waals surface area (Å²) in [5.74, 6) is -2.08. The number of halogens is 3. The number of aryl methyl sites for hydroxylation is 2. The van der Waals surface area contributed by atoms with E-state index in [1.807, 2.05) is 25.1 Å². The van der Waals surface area contributed by atoms with E-state index in [9.17, 15) is 22.8 Å². The van der Waals surface area contributed by atoms with Gasteiger partial charge in [-0.2, -0.15) is 13.2 Å². The zero-order chi connectivity index (χ0) is 17.2. The van der Waals surface area contributed by atoms with E-state index >= 15 is 0 Å². The van der Waals surface area contributed by atoms with Gasteiger partial charge in [0.25, 0.3) is 5.91 Å². The summed E-state index contributed by atoms with van der Waals surface area (Å²) in [5.41, 5.74) is 2.68. The Morgan fingerprint density at radius 1 is 1.26 bits per heavy atom. The first-order valence-electron chi connectivity index (χ1n) is 7.17. The lowest BCUT2D eigenvalue weighted by atomic mass is 10.0. The van der Waals surface area contributed by atoms with Crippen LogP contribution in [-0.2, 0) is 11.2 Å². The summed E-state index contributed by atoms with van der Waals surface area (Å²) in [6.45, 7) is 1.89. The quantitative estimate of drug-likeness (QED) is 0.886. The highest BCUT2D eigenvalue weighted by Gasteiger charge is 2.37. The molecule has 2 N–H and O–H groups in total. The molecule has 1 aromatic carbocycles. The third kappa shape index (κ3) is 3.72. The van der Waals surface area contributed by atoms with Crippen molar-refractivity contribution in [2.75, 3.05) is 7.05 Å². The van der Waals surface area contributed by atoms with Gasteiger partial charge < -0.3 is 10.3 Å². The molecule has 4 nitrogen and oxygen atoms in total. The van der Waals surface area contributed by atoms with E-state index < -0.39 is 18.4 Å². The molecule has 0 aliphatic heterocycles. The Morgan fingerprint density at radius 2 is 1.96 bits per heavy atom. The highest BCUT2D eigenvalue weighted by molar-refractivity contribution is 6.01. The predicted octanol–water partition coefficient (Wildman–Crippen LogP) is 3.29. The minimum absolute atomic E-state index is 0.0310. The number of aromatic nitrogens is 1. The zero-order valence-electron chi connectivity index (χ0n) is 12.8. The van der Waals surface area contributed by atoms with Gasteiger partial charge in [-0.1, -0.05) is 11.6 Å². The van der Waals surface area contributed by atoms with Gasteiger partial charge in [0.2, 0.25) is 5.78 Å². The molecule has 124 valence electrons. The SMILES string of the molecule is CNC(=O)c1[nH]c2ccc(C)cc2c1CCCC(=O)C(F)(F)F. The van der Waals surface area contributed by atoms with Gasteiger partial charge in [0, 0.05) is 24.4 Å². The topological polar surface area (TPSA) is 62.0 Å². The smallest absolute Gasteiger partial charge is 0.354 e. The molecule has 0 atom stereocenters. The van der Waals surface area contributed by atoms with Gasteiger partial charge in [0.05, 0.1) is 0 Å². The summed E-state index contributed by atoms with van der Waals surface area (Å²) >= 11 is 0. The average molecular weight is 326 g/mol. The summed E-state index contributed by atoms with van der Waals surface area (Å²) in [4.78, 5) is 25.9. The molecule has 0 spiro atoms. The van der Waals surface area contributed by atoms with E-state index in [1.54, 1.807) is 0 Å². The molecule has 0 bridgehead atoms. The van der Waals surface area contributed by atoms with E-state index in [1.165, 1.54) is 7.05 Å². The maximum Gasteiger partial charge on any atom is 0.449 e. The second kappa shape index (κ2) is 6.44. The molecule has 23 heavy (non-hydrogen) atoms. The first-order chi connectivity index (χ1) is 10.7. The Bertz CT molecular complexity index is 748. The monoisotopic (exact) mass is 326 g/mol. The van der Waals surface area contributed by atoms with Crippen molar-refractivity contribution in [2.45, 2.75) is 32.4 Å². The van der Waals surface area contributed by atoms with Crippen LogP contribution in [0.5, 0.6) is 0 Å². The van der Waals surface area contributed by atoms with Crippen LogP contribution in [-0.4, -0.2) is 29.9 Å². The lowest BCUT2D eigenvalue weighted by Crippen LogP contribution is -2.22. The fourth-order valence-electron chi connectivity index (χ4n) is 2.51. The van der Waals surface area contributed by atoms with Crippen molar-refractivity contribution in [1.82, 2.24) is 10.3 Å². The van der Waals surface area contributed by atoms with Crippen molar-refractivity contribution in [3.05, 3.63) is 35.0 Å². The van der Waals surface area contributed by atoms with Crippen molar-refractivity contribution in [2.24, 2.45) is 0 Å². The molecule has 0 aliphatic rings. The summed E-state index contributed by atoms with van der Waals surface area (Å²) < 4.78 is 36.8. The van der Waals surface area contributed by atoms with E-state index in [4.69, 9.17) is 0 Å². The van der Waals surface area contributed by atoms with Crippen LogP contribution >= 0.6 is 0 Å². The van der Waals surface area contributed by atoms with Crippen LogP contribution in [0.15, 0.2) is 18.2 Å². The fraction of sp³-hybridized carbons (Fsp3) is 0.375. The number of H-pyrrole nitrogens is 1.